The fraction of sp³-hybridized carbons (Fsp3) is 0.125. The number of aromatic carboxylic acids is 1. The lowest BCUT2D eigenvalue weighted by Gasteiger charge is -2.07. The number of rotatable bonds is 2. The number of aromatic hydroxyl groups is 1. The summed E-state index contributed by atoms with van der Waals surface area (Å²) in [6, 6.07) is 1.36. The maximum atomic E-state index is 12.4. The molecule has 0 aromatic carbocycles. The summed E-state index contributed by atoms with van der Waals surface area (Å²) in [6.45, 7) is 0. The normalized spacial score (nSPS) is 10.0. The summed E-state index contributed by atoms with van der Waals surface area (Å²) >= 11 is 0. The van der Waals surface area contributed by atoms with E-state index in [9.17, 15) is 13.6 Å². The van der Waals surface area contributed by atoms with E-state index >= 15 is 0 Å². The van der Waals surface area contributed by atoms with Gasteiger partial charge in [-0.2, -0.15) is 5.26 Å². The van der Waals surface area contributed by atoms with Gasteiger partial charge in [-0.25, -0.2) is 18.6 Å². The summed E-state index contributed by atoms with van der Waals surface area (Å²) in [5.41, 5.74) is -2.71. The Bertz CT molecular complexity index is 454. The van der Waals surface area contributed by atoms with Crippen molar-refractivity contribution < 1.29 is 23.8 Å². The quantitative estimate of drug-likeness (QED) is 0.773. The minimum Gasteiger partial charge on any atom is -0.506 e. The van der Waals surface area contributed by atoms with Crippen LogP contribution in [0.3, 0.4) is 0 Å². The van der Waals surface area contributed by atoms with Gasteiger partial charge in [-0.1, -0.05) is 0 Å². The van der Waals surface area contributed by atoms with E-state index in [0.717, 1.165) is 0 Å². The van der Waals surface area contributed by atoms with Gasteiger partial charge in [-0.15, -0.1) is 0 Å². The molecule has 1 aromatic heterocycles. The topological polar surface area (TPSA) is 94.2 Å². The minimum absolute atomic E-state index is 0.618. The van der Waals surface area contributed by atoms with Crippen LogP contribution < -0.4 is 0 Å². The number of nitriles is 1. The molecule has 0 spiro atoms. The van der Waals surface area contributed by atoms with E-state index in [2.05, 4.69) is 4.98 Å². The van der Waals surface area contributed by atoms with E-state index in [1.54, 1.807) is 0 Å². The Morgan fingerprint density at radius 1 is 1.60 bits per heavy atom. The van der Waals surface area contributed by atoms with Crippen LogP contribution in [0.2, 0.25) is 0 Å². The smallest absolute Gasteiger partial charge is 0.339 e. The lowest BCUT2D eigenvalue weighted by Crippen LogP contribution is -2.08. The zero-order chi connectivity index (χ0) is 11.6. The Labute approximate surface area is 82.2 Å². The third kappa shape index (κ3) is 1.83. The van der Waals surface area contributed by atoms with Gasteiger partial charge in [-0.3, -0.25) is 0 Å². The minimum atomic E-state index is -3.19. The van der Waals surface area contributed by atoms with Crippen molar-refractivity contribution in [2.45, 2.75) is 6.43 Å². The Balaban J connectivity index is 3.60. The number of alkyl halides is 2. The molecule has 0 amide bonds. The van der Waals surface area contributed by atoms with Gasteiger partial charge in [0.2, 0.25) is 0 Å². The van der Waals surface area contributed by atoms with Crippen LogP contribution in [-0.2, 0) is 0 Å². The van der Waals surface area contributed by atoms with E-state index in [1.165, 1.54) is 6.07 Å². The molecule has 15 heavy (non-hydrogen) atoms. The first-order valence-corrected chi connectivity index (χ1v) is 3.62. The molecule has 0 unspecified atom stereocenters. The number of halogens is 2. The maximum Gasteiger partial charge on any atom is 0.339 e. The number of hydrogen-bond donors (Lipinski definition) is 2. The van der Waals surface area contributed by atoms with Gasteiger partial charge in [0, 0.05) is 0 Å². The predicted molar refractivity (Wildman–Crippen MR) is 42.5 cm³/mol. The molecule has 0 aliphatic heterocycles. The zero-order valence-electron chi connectivity index (χ0n) is 7.11. The van der Waals surface area contributed by atoms with Crippen molar-refractivity contribution in [3.05, 3.63) is 23.0 Å². The summed E-state index contributed by atoms with van der Waals surface area (Å²) in [7, 11) is 0. The number of carboxylic acid groups (broad SMARTS) is 1. The first kappa shape index (κ1) is 10.8. The molecule has 5 nitrogen and oxygen atoms in total. The van der Waals surface area contributed by atoms with Gasteiger partial charge in [0.1, 0.15) is 17.4 Å². The van der Waals surface area contributed by atoms with Gasteiger partial charge in [0.15, 0.2) is 5.69 Å². The van der Waals surface area contributed by atoms with Gasteiger partial charge in [-0.05, 0) is 0 Å². The molecule has 1 heterocycles. The fourth-order valence-electron chi connectivity index (χ4n) is 1.04. The molecular formula is C8H4F2N2O3. The van der Waals surface area contributed by atoms with Crippen LogP contribution in [0.25, 0.3) is 0 Å². The van der Waals surface area contributed by atoms with Crippen LogP contribution in [0.1, 0.15) is 28.0 Å². The van der Waals surface area contributed by atoms with Crippen LogP contribution >= 0.6 is 0 Å². The van der Waals surface area contributed by atoms with Crippen molar-refractivity contribution in [2.75, 3.05) is 0 Å². The van der Waals surface area contributed by atoms with Gasteiger partial charge < -0.3 is 10.2 Å². The van der Waals surface area contributed by atoms with E-state index in [0.29, 0.717) is 6.20 Å². The number of carbonyl (C=O) groups is 1. The Morgan fingerprint density at radius 3 is 2.60 bits per heavy atom. The highest BCUT2D eigenvalue weighted by molar-refractivity contribution is 5.92. The summed E-state index contributed by atoms with van der Waals surface area (Å²) in [5, 5.41) is 26.1. The van der Waals surface area contributed by atoms with Crippen LogP contribution in [0.15, 0.2) is 6.20 Å². The fourth-order valence-corrected chi connectivity index (χ4v) is 1.04. The lowest BCUT2D eigenvalue weighted by molar-refractivity contribution is 0.0681. The van der Waals surface area contributed by atoms with Gasteiger partial charge >= 0.3 is 5.97 Å². The highest BCUT2D eigenvalue weighted by atomic mass is 19.3. The maximum absolute atomic E-state index is 12.4. The third-order valence-electron chi connectivity index (χ3n) is 1.64. The van der Waals surface area contributed by atoms with Crippen molar-refractivity contribution in [2.24, 2.45) is 0 Å². The number of aromatic nitrogens is 1. The zero-order valence-corrected chi connectivity index (χ0v) is 7.11. The largest absolute Gasteiger partial charge is 0.506 e. The number of carboxylic acids is 1. The van der Waals surface area contributed by atoms with Crippen molar-refractivity contribution in [1.82, 2.24) is 4.98 Å². The van der Waals surface area contributed by atoms with Crippen LogP contribution in [0.4, 0.5) is 8.78 Å². The molecule has 7 heteroatoms. The SMILES string of the molecule is N#Cc1ncc(O)c(C(F)F)c1C(=O)O. The molecule has 0 aliphatic rings. The standard InChI is InChI=1S/C8H4F2N2O3/c9-7(10)6-4(13)2-12-3(1-11)5(6)8(14)15/h2,7,13H,(H,14,15). The number of pyridine rings is 1. The summed E-state index contributed by atoms with van der Waals surface area (Å²) < 4.78 is 24.8. The Hall–Kier alpha value is -2.23. The van der Waals surface area contributed by atoms with Gasteiger partial charge in [0.05, 0.1) is 11.8 Å². The van der Waals surface area contributed by atoms with Crippen LogP contribution in [0, 0.1) is 11.3 Å². The molecule has 2 N–H and O–H groups in total. The molecule has 0 bridgehead atoms. The number of nitrogens with zero attached hydrogens (tertiary/aromatic N) is 2. The predicted octanol–water partition coefficient (Wildman–Crippen LogP) is 1.29. The van der Waals surface area contributed by atoms with E-state index in [1.807, 2.05) is 0 Å². The van der Waals surface area contributed by atoms with Crippen molar-refractivity contribution in [3.63, 3.8) is 0 Å². The molecular weight excluding hydrogens is 210 g/mol. The molecule has 0 atom stereocenters. The monoisotopic (exact) mass is 214 g/mol. The van der Waals surface area contributed by atoms with E-state index in [4.69, 9.17) is 15.5 Å². The van der Waals surface area contributed by atoms with Gasteiger partial charge in [0.25, 0.3) is 6.43 Å². The molecule has 0 saturated carbocycles. The van der Waals surface area contributed by atoms with Crippen molar-refractivity contribution in [3.8, 4) is 11.8 Å². The van der Waals surface area contributed by atoms with E-state index < -0.39 is 35.0 Å². The van der Waals surface area contributed by atoms with E-state index in [-0.39, 0.29) is 0 Å². The molecule has 1 aromatic rings. The number of hydrogen-bond acceptors (Lipinski definition) is 4. The summed E-state index contributed by atoms with van der Waals surface area (Å²) in [4.78, 5) is 13.9. The second-order valence-electron chi connectivity index (χ2n) is 2.50. The average Bonchev–Trinajstić information content (AvgIpc) is 2.16. The average molecular weight is 214 g/mol. The first-order chi connectivity index (χ1) is 6.99. The molecule has 0 fully saturated rings. The van der Waals surface area contributed by atoms with Crippen LogP contribution in [-0.4, -0.2) is 21.2 Å². The molecule has 0 aliphatic carbocycles. The summed E-state index contributed by atoms with van der Waals surface area (Å²) in [5.74, 6) is -2.67. The molecule has 78 valence electrons. The van der Waals surface area contributed by atoms with Crippen molar-refractivity contribution in [1.29, 1.82) is 5.26 Å². The molecule has 0 radical (unpaired) electrons. The summed E-state index contributed by atoms with van der Waals surface area (Å²) in [6.07, 6.45) is -2.57. The molecule has 1 rings (SSSR count). The Morgan fingerprint density at radius 2 is 2.20 bits per heavy atom. The Kier molecular flexibility index (Phi) is 2.80. The lowest BCUT2D eigenvalue weighted by atomic mass is 10.1. The molecule has 0 saturated heterocycles. The third-order valence-corrected chi connectivity index (χ3v) is 1.64. The highest BCUT2D eigenvalue weighted by Gasteiger charge is 2.26. The van der Waals surface area contributed by atoms with Crippen molar-refractivity contribution >= 4 is 5.97 Å². The first-order valence-electron chi connectivity index (χ1n) is 3.62. The second kappa shape index (κ2) is 3.88. The second-order valence-corrected chi connectivity index (χ2v) is 2.50. The highest BCUT2D eigenvalue weighted by Crippen LogP contribution is 2.31. The van der Waals surface area contributed by atoms with Crippen LogP contribution in [0.5, 0.6) is 5.75 Å².